The molecule has 1 aromatic rings. The van der Waals surface area contributed by atoms with E-state index in [2.05, 4.69) is 0 Å². The second kappa shape index (κ2) is 2.67. The van der Waals surface area contributed by atoms with Gasteiger partial charge in [0.2, 0.25) is 0 Å². The molecule has 2 nitrogen and oxygen atoms in total. The molecule has 2 heteroatoms. The number of hydrogen-bond acceptors (Lipinski definition) is 2. The van der Waals surface area contributed by atoms with E-state index in [0.29, 0.717) is 6.42 Å². The van der Waals surface area contributed by atoms with Gasteiger partial charge >= 0.3 is 0 Å². The summed E-state index contributed by atoms with van der Waals surface area (Å²) in [5.41, 5.74) is 0.591. The average molecular weight is 176 g/mol. The Morgan fingerprint density at radius 2 is 2.00 bits per heavy atom. The third kappa shape index (κ3) is 1.18. The highest BCUT2D eigenvalue weighted by atomic mass is 16.3. The fraction of sp³-hybridized carbons (Fsp3) is 0.364. The topological polar surface area (TPSA) is 37.3 Å². The van der Waals surface area contributed by atoms with Crippen LogP contribution < -0.4 is 0 Å². The Bertz CT molecular complexity index is 353. The largest absolute Gasteiger partial charge is 0.378 e. The van der Waals surface area contributed by atoms with Crippen LogP contribution in [-0.2, 0) is 16.8 Å². The number of benzene rings is 1. The maximum Gasteiger partial charge on any atom is 0.168 e. The molecule has 1 aliphatic rings. The van der Waals surface area contributed by atoms with Crippen LogP contribution in [0.2, 0.25) is 0 Å². The zero-order valence-corrected chi connectivity index (χ0v) is 7.58. The van der Waals surface area contributed by atoms with Gasteiger partial charge in [0.15, 0.2) is 5.78 Å². The Morgan fingerprint density at radius 1 is 1.31 bits per heavy atom. The van der Waals surface area contributed by atoms with Crippen molar-refractivity contribution in [2.75, 3.05) is 0 Å². The van der Waals surface area contributed by atoms with E-state index in [9.17, 15) is 9.90 Å². The molecule has 1 aromatic carbocycles. The number of rotatable bonds is 0. The van der Waals surface area contributed by atoms with Crippen LogP contribution in [0, 0.1) is 0 Å². The monoisotopic (exact) mass is 176 g/mol. The molecule has 0 amide bonds. The highest BCUT2D eigenvalue weighted by molar-refractivity contribution is 5.90. The summed E-state index contributed by atoms with van der Waals surface area (Å²) in [7, 11) is 0. The van der Waals surface area contributed by atoms with Crippen molar-refractivity contribution in [2.45, 2.75) is 25.4 Å². The Labute approximate surface area is 77.2 Å². The van der Waals surface area contributed by atoms with Gasteiger partial charge in [-0.15, -0.1) is 0 Å². The predicted molar refractivity (Wildman–Crippen MR) is 49.3 cm³/mol. The van der Waals surface area contributed by atoms with Gasteiger partial charge in [0, 0.05) is 6.42 Å². The van der Waals surface area contributed by atoms with Gasteiger partial charge in [-0.3, -0.25) is 4.79 Å². The number of aryl methyl sites for hydroxylation is 1. The molecule has 0 aliphatic heterocycles. The van der Waals surface area contributed by atoms with Crippen LogP contribution in [0.1, 0.15) is 24.5 Å². The number of ketones is 1. The SMILES string of the molecule is C[C@@]1(O)C(=O)CCc2ccccc21. The van der Waals surface area contributed by atoms with Crippen molar-refractivity contribution >= 4 is 5.78 Å². The molecular weight excluding hydrogens is 164 g/mol. The minimum Gasteiger partial charge on any atom is -0.378 e. The molecule has 0 heterocycles. The molecule has 1 atom stereocenters. The third-order valence-corrected chi connectivity index (χ3v) is 2.71. The van der Waals surface area contributed by atoms with Gasteiger partial charge in [-0.1, -0.05) is 24.3 Å². The van der Waals surface area contributed by atoms with E-state index in [0.717, 1.165) is 17.5 Å². The molecule has 0 spiro atoms. The average Bonchev–Trinajstić information content (AvgIpc) is 2.13. The molecule has 0 saturated heterocycles. The summed E-state index contributed by atoms with van der Waals surface area (Å²) in [4.78, 5) is 11.4. The quantitative estimate of drug-likeness (QED) is 0.649. The number of hydrogen-bond donors (Lipinski definition) is 1. The van der Waals surface area contributed by atoms with Crippen LogP contribution in [0.4, 0.5) is 0 Å². The lowest BCUT2D eigenvalue weighted by Crippen LogP contribution is -2.36. The maximum atomic E-state index is 11.4. The van der Waals surface area contributed by atoms with Crippen LogP contribution in [0.15, 0.2) is 24.3 Å². The fourth-order valence-corrected chi connectivity index (χ4v) is 1.86. The smallest absolute Gasteiger partial charge is 0.168 e. The summed E-state index contributed by atoms with van der Waals surface area (Å²) in [5, 5.41) is 9.95. The van der Waals surface area contributed by atoms with Gasteiger partial charge in [-0.05, 0) is 24.5 Å². The normalized spacial score (nSPS) is 27.1. The molecule has 1 aliphatic carbocycles. The van der Waals surface area contributed by atoms with E-state index in [1.165, 1.54) is 0 Å². The van der Waals surface area contributed by atoms with Gasteiger partial charge in [-0.25, -0.2) is 0 Å². The number of carbonyl (C=O) groups is 1. The predicted octanol–water partition coefficient (Wildman–Crippen LogP) is 1.41. The van der Waals surface area contributed by atoms with Gasteiger partial charge in [0.25, 0.3) is 0 Å². The first-order valence-electron chi connectivity index (χ1n) is 4.46. The highest BCUT2D eigenvalue weighted by Gasteiger charge is 2.36. The lowest BCUT2D eigenvalue weighted by molar-refractivity contribution is -0.137. The molecule has 0 bridgehead atoms. The van der Waals surface area contributed by atoms with E-state index in [1.807, 2.05) is 24.3 Å². The van der Waals surface area contributed by atoms with Crippen LogP contribution in [0.5, 0.6) is 0 Å². The number of fused-ring (bicyclic) bond motifs is 1. The van der Waals surface area contributed by atoms with Crippen molar-refractivity contribution in [1.29, 1.82) is 0 Å². The van der Waals surface area contributed by atoms with Crippen LogP contribution in [-0.4, -0.2) is 10.9 Å². The summed E-state index contributed by atoms with van der Waals surface area (Å²) in [6.07, 6.45) is 1.20. The van der Waals surface area contributed by atoms with Crippen molar-refractivity contribution < 1.29 is 9.90 Å². The van der Waals surface area contributed by atoms with Crippen molar-refractivity contribution in [2.24, 2.45) is 0 Å². The third-order valence-electron chi connectivity index (χ3n) is 2.71. The molecular formula is C11H12O2. The summed E-state index contributed by atoms with van der Waals surface area (Å²) in [6.45, 7) is 1.58. The first-order chi connectivity index (χ1) is 6.12. The number of aliphatic hydroxyl groups is 1. The van der Waals surface area contributed by atoms with Crippen molar-refractivity contribution in [3.05, 3.63) is 35.4 Å². The van der Waals surface area contributed by atoms with Gasteiger partial charge < -0.3 is 5.11 Å². The van der Waals surface area contributed by atoms with Crippen LogP contribution in [0.25, 0.3) is 0 Å². The Kier molecular flexibility index (Phi) is 1.74. The number of Topliss-reactive ketones (excluding diaryl/α,β-unsaturated/α-hetero) is 1. The maximum absolute atomic E-state index is 11.4. The van der Waals surface area contributed by atoms with E-state index < -0.39 is 5.60 Å². The molecule has 0 radical (unpaired) electrons. The molecule has 1 N–H and O–H groups in total. The van der Waals surface area contributed by atoms with Crippen molar-refractivity contribution in [3.63, 3.8) is 0 Å². The molecule has 2 rings (SSSR count). The Balaban J connectivity index is 2.59. The summed E-state index contributed by atoms with van der Waals surface area (Å²) in [5.74, 6) is -0.0776. The summed E-state index contributed by atoms with van der Waals surface area (Å²) in [6, 6.07) is 7.58. The minimum atomic E-state index is -1.27. The molecule has 0 aromatic heterocycles. The van der Waals surface area contributed by atoms with Crippen LogP contribution >= 0.6 is 0 Å². The first kappa shape index (κ1) is 8.45. The lowest BCUT2D eigenvalue weighted by Gasteiger charge is -2.29. The summed E-state index contributed by atoms with van der Waals surface area (Å²) < 4.78 is 0. The second-order valence-electron chi connectivity index (χ2n) is 3.65. The van der Waals surface area contributed by atoms with Crippen molar-refractivity contribution in [1.82, 2.24) is 0 Å². The fourth-order valence-electron chi connectivity index (χ4n) is 1.86. The summed E-state index contributed by atoms with van der Waals surface area (Å²) >= 11 is 0. The van der Waals surface area contributed by atoms with E-state index in [1.54, 1.807) is 6.92 Å². The number of carbonyl (C=O) groups excluding carboxylic acids is 1. The molecule has 0 fully saturated rings. The molecule has 0 unspecified atom stereocenters. The molecule has 0 saturated carbocycles. The standard InChI is InChI=1S/C11H12O2/c1-11(13)9-5-3-2-4-8(9)6-7-10(11)12/h2-5,13H,6-7H2,1H3/t11-/m0/s1. The minimum absolute atomic E-state index is 0.0776. The zero-order chi connectivity index (χ0) is 9.47. The zero-order valence-electron chi connectivity index (χ0n) is 7.58. The second-order valence-corrected chi connectivity index (χ2v) is 3.65. The van der Waals surface area contributed by atoms with Gasteiger partial charge in [-0.2, -0.15) is 0 Å². The Morgan fingerprint density at radius 3 is 2.77 bits per heavy atom. The highest BCUT2D eigenvalue weighted by Crippen LogP contribution is 2.31. The van der Waals surface area contributed by atoms with E-state index >= 15 is 0 Å². The Hall–Kier alpha value is -1.15. The first-order valence-corrected chi connectivity index (χ1v) is 4.46. The van der Waals surface area contributed by atoms with E-state index in [4.69, 9.17) is 0 Å². The van der Waals surface area contributed by atoms with Gasteiger partial charge in [0.1, 0.15) is 5.60 Å². The van der Waals surface area contributed by atoms with Gasteiger partial charge in [0.05, 0.1) is 0 Å². The van der Waals surface area contributed by atoms with E-state index in [-0.39, 0.29) is 5.78 Å². The van der Waals surface area contributed by atoms with Crippen molar-refractivity contribution in [3.8, 4) is 0 Å². The lowest BCUT2D eigenvalue weighted by atomic mass is 9.79. The molecule has 13 heavy (non-hydrogen) atoms. The van der Waals surface area contributed by atoms with Crippen LogP contribution in [0.3, 0.4) is 0 Å². The molecule has 68 valence electrons.